The Balaban J connectivity index is 2.52. The summed E-state index contributed by atoms with van der Waals surface area (Å²) in [5, 5.41) is 0. The summed E-state index contributed by atoms with van der Waals surface area (Å²) in [6.45, 7) is 4.11. The molecule has 0 aliphatic rings. The molecule has 0 spiro atoms. The van der Waals surface area contributed by atoms with Crippen LogP contribution in [-0.4, -0.2) is 10.8 Å². The second kappa shape index (κ2) is 5.53. The smallest absolute Gasteiger partial charge is 0.181 e. The topological polar surface area (TPSA) is 30.0 Å². The van der Waals surface area contributed by atoms with Crippen LogP contribution in [0, 0.1) is 6.92 Å². The van der Waals surface area contributed by atoms with Gasteiger partial charge in [0.05, 0.1) is 0 Å². The monoisotopic (exact) mass is 191 g/mol. The third-order valence-electron chi connectivity index (χ3n) is 2.21. The van der Waals surface area contributed by atoms with Crippen LogP contribution in [0.15, 0.2) is 18.3 Å². The summed E-state index contributed by atoms with van der Waals surface area (Å²) in [7, 11) is 0. The lowest BCUT2D eigenvalue weighted by Gasteiger charge is -2.00. The van der Waals surface area contributed by atoms with Gasteiger partial charge in [0.2, 0.25) is 0 Å². The lowest BCUT2D eigenvalue weighted by Crippen LogP contribution is -2.01. The van der Waals surface area contributed by atoms with Crippen molar-refractivity contribution in [1.82, 2.24) is 4.98 Å². The van der Waals surface area contributed by atoms with Gasteiger partial charge in [-0.05, 0) is 31.0 Å². The number of pyridine rings is 1. The number of hydrogen-bond donors (Lipinski definition) is 0. The van der Waals surface area contributed by atoms with Gasteiger partial charge in [0.25, 0.3) is 0 Å². The van der Waals surface area contributed by atoms with Crippen LogP contribution in [0.25, 0.3) is 0 Å². The maximum atomic E-state index is 11.6. The van der Waals surface area contributed by atoms with E-state index in [1.54, 1.807) is 6.20 Å². The SMILES string of the molecule is CCCCCC(=O)c1cc(C)ccn1. The molecule has 0 aromatic carbocycles. The van der Waals surface area contributed by atoms with Crippen molar-refractivity contribution in [2.24, 2.45) is 0 Å². The summed E-state index contributed by atoms with van der Waals surface area (Å²) < 4.78 is 0. The molecular formula is C12H17NO. The van der Waals surface area contributed by atoms with Crippen molar-refractivity contribution in [2.45, 2.75) is 39.5 Å². The molecule has 2 heteroatoms. The molecule has 1 rings (SSSR count). The Morgan fingerprint density at radius 1 is 1.43 bits per heavy atom. The van der Waals surface area contributed by atoms with Crippen molar-refractivity contribution >= 4 is 5.78 Å². The van der Waals surface area contributed by atoms with E-state index in [0.717, 1.165) is 24.8 Å². The van der Waals surface area contributed by atoms with Gasteiger partial charge in [-0.2, -0.15) is 0 Å². The first kappa shape index (κ1) is 10.9. The molecular weight excluding hydrogens is 174 g/mol. The molecule has 0 radical (unpaired) electrons. The van der Waals surface area contributed by atoms with Gasteiger partial charge < -0.3 is 0 Å². The fourth-order valence-corrected chi connectivity index (χ4v) is 1.35. The minimum absolute atomic E-state index is 0.169. The Morgan fingerprint density at radius 2 is 2.21 bits per heavy atom. The molecule has 1 aromatic heterocycles. The zero-order valence-corrected chi connectivity index (χ0v) is 8.92. The van der Waals surface area contributed by atoms with E-state index < -0.39 is 0 Å². The predicted molar refractivity (Wildman–Crippen MR) is 57.4 cm³/mol. The van der Waals surface area contributed by atoms with Crippen molar-refractivity contribution in [1.29, 1.82) is 0 Å². The Kier molecular flexibility index (Phi) is 4.30. The molecule has 0 fully saturated rings. The van der Waals surface area contributed by atoms with Crippen LogP contribution < -0.4 is 0 Å². The van der Waals surface area contributed by atoms with E-state index in [4.69, 9.17) is 0 Å². The highest BCUT2D eigenvalue weighted by Crippen LogP contribution is 2.07. The van der Waals surface area contributed by atoms with Gasteiger partial charge in [-0.25, -0.2) is 0 Å². The van der Waals surface area contributed by atoms with Crippen LogP contribution in [0.2, 0.25) is 0 Å². The van der Waals surface area contributed by atoms with Crippen LogP contribution in [0.1, 0.15) is 48.7 Å². The van der Waals surface area contributed by atoms with E-state index in [2.05, 4.69) is 11.9 Å². The minimum Gasteiger partial charge on any atom is -0.292 e. The number of hydrogen-bond acceptors (Lipinski definition) is 2. The number of carbonyl (C=O) groups is 1. The maximum Gasteiger partial charge on any atom is 0.181 e. The summed E-state index contributed by atoms with van der Waals surface area (Å²) >= 11 is 0. The molecule has 0 amide bonds. The molecule has 76 valence electrons. The molecule has 0 unspecified atom stereocenters. The molecule has 1 aromatic rings. The van der Waals surface area contributed by atoms with Crippen molar-refractivity contribution < 1.29 is 4.79 Å². The summed E-state index contributed by atoms with van der Waals surface area (Å²) in [5.74, 6) is 0.169. The second-order valence-electron chi connectivity index (χ2n) is 3.60. The molecule has 0 bridgehead atoms. The molecule has 0 atom stereocenters. The highest BCUT2D eigenvalue weighted by atomic mass is 16.1. The fraction of sp³-hybridized carbons (Fsp3) is 0.500. The molecule has 0 aliphatic carbocycles. The maximum absolute atomic E-state index is 11.6. The summed E-state index contributed by atoms with van der Waals surface area (Å²) in [6, 6.07) is 3.76. The molecule has 0 saturated heterocycles. The number of nitrogens with zero attached hydrogens (tertiary/aromatic N) is 1. The van der Waals surface area contributed by atoms with Gasteiger partial charge in [0.1, 0.15) is 5.69 Å². The number of aryl methyl sites for hydroxylation is 1. The molecule has 0 saturated carbocycles. The van der Waals surface area contributed by atoms with Crippen molar-refractivity contribution in [3.05, 3.63) is 29.6 Å². The third kappa shape index (κ3) is 3.29. The largest absolute Gasteiger partial charge is 0.292 e. The average molecular weight is 191 g/mol. The zero-order valence-electron chi connectivity index (χ0n) is 8.92. The van der Waals surface area contributed by atoms with Crippen LogP contribution >= 0.6 is 0 Å². The Hall–Kier alpha value is -1.18. The minimum atomic E-state index is 0.169. The van der Waals surface area contributed by atoms with E-state index >= 15 is 0 Å². The normalized spacial score (nSPS) is 10.1. The molecule has 0 aliphatic heterocycles. The number of Topliss-reactive ketones (excluding diaryl/α,β-unsaturated/α-hetero) is 1. The number of rotatable bonds is 5. The first-order valence-electron chi connectivity index (χ1n) is 5.20. The van der Waals surface area contributed by atoms with Gasteiger partial charge in [-0.1, -0.05) is 19.8 Å². The van der Waals surface area contributed by atoms with Crippen molar-refractivity contribution in [3.63, 3.8) is 0 Å². The number of unbranched alkanes of at least 4 members (excludes halogenated alkanes) is 2. The third-order valence-corrected chi connectivity index (χ3v) is 2.21. The average Bonchev–Trinajstić information content (AvgIpc) is 2.18. The Bertz CT molecular complexity index is 307. The van der Waals surface area contributed by atoms with Gasteiger partial charge >= 0.3 is 0 Å². The van der Waals surface area contributed by atoms with Gasteiger partial charge in [0.15, 0.2) is 5.78 Å². The number of carbonyl (C=O) groups excluding carboxylic acids is 1. The van der Waals surface area contributed by atoms with E-state index in [1.807, 2.05) is 19.1 Å². The van der Waals surface area contributed by atoms with E-state index in [9.17, 15) is 4.79 Å². The van der Waals surface area contributed by atoms with Crippen LogP contribution in [-0.2, 0) is 0 Å². The highest BCUT2D eigenvalue weighted by Gasteiger charge is 2.06. The Labute approximate surface area is 85.4 Å². The van der Waals surface area contributed by atoms with Crippen molar-refractivity contribution in [3.8, 4) is 0 Å². The standard InChI is InChI=1S/C12H17NO/c1-3-4-5-6-12(14)11-9-10(2)7-8-13-11/h7-9H,3-6H2,1-2H3. The first-order chi connectivity index (χ1) is 6.74. The van der Waals surface area contributed by atoms with E-state index in [1.165, 1.54) is 0 Å². The van der Waals surface area contributed by atoms with E-state index in [0.29, 0.717) is 12.1 Å². The lowest BCUT2D eigenvalue weighted by atomic mass is 10.1. The molecule has 2 nitrogen and oxygen atoms in total. The quantitative estimate of drug-likeness (QED) is 0.528. The highest BCUT2D eigenvalue weighted by molar-refractivity contribution is 5.94. The predicted octanol–water partition coefficient (Wildman–Crippen LogP) is 3.15. The fourth-order valence-electron chi connectivity index (χ4n) is 1.35. The second-order valence-corrected chi connectivity index (χ2v) is 3.60. The number of ketones is 1. The van der Waals surface area contributed by atoms with Gasteiger partial charge in [0, 0.05) is 12.6 Å². The zero-order chi connectivity index (χ0) is 10.4. The molecule has 14 heavy (non-hydrogen) atoms. The lowest BCUT2D eigenvalue weighted by molar-refractivity contribution is 0.0974. The van der Waals surface area contributed by atoms with Crippen LogP contribution in [0.4, 0.5) is 0 Å². The summed E-state index contributed by atoms with van der Waals surface area (Å²) in [6.07, 6.45) is 5.57. The van der Waals surface area contributed by atoms with Crippen LogP contribution in [0.5, 0.6) is 0 Å². The summed E-state index contributed by atoms with van der Waals surface area (Å²) in [4.78, 5) is 15.7. The van der Waals surface area contributed by atoms with Gasteiger partial charge in [-0.15, -0.1) is 0 Å². The molecule has 1 heterocycles. The van der Waals surface area contributed by atoms with E-state index in [-0.39, 0.29) is 5.78 Å². The van der Waals surface area contributed by atoms with Crippen molar-refractivity contribution in [2.75, 3.05) is 0 Å². The number of aromatic nitrogens is 1. The molecule has 0 N–H and O–H groups in total. The summed E-state index contributed by atoms with van der Waals surface area (Å²) in [5.41, 5.74) is 1.71. The van der Waals surface area contributed by atoms with Crippen LogP contribution in [0.3, 0.4) is 0 Å². The Morgan fingerprint density at radius 3 is 2.86 bits per heavy atom. The van der Waals surface area contributed by atoms with Gasteiger partial charge in [-0.3, -0.25) is 9.78 Å². The first-order valence-corrected chi connectivity index (χ1v) is 5.20.